The molecule has 0 spiro atoms. The third-order valence-electron chi connectivity index (χ3n) is 1.86. The molecule has 0 aromatic heterocycles. The summed E-state index contributed by atoms with van der Waals surface area (Å²) in [6.45, 7) is 0. The van der Waals surface area contributed by atoms with Crippen LogP contribution in [0.2, 0.25) is 0 Å². The maximum atomic E-state index is 11.4. The number of carbonyl (C=O) groups excluding carboxylic acids is 1. The van der Waals surface area contributed by atoms with Crippen LogP contribution < -0.4 is 10.6 Å². The van der Waals surface area contributed by atoms with Gasteiger partial charge in [0, 0.05) is 6.07 Å². The molecule has 0 fully saturated rings. The van der Waals surface area contributed by atoms with E-state index in [-0.39, 0.29) is 10.6 Å². The van der Waals surface area contributed by atoms with Crippen molar-refractivity contribution in [1.82, 2.24) is 5.01 Å². The smallest absolute Gasteiger partial charge is 0.429 e. The highest BCUT2D eigenvalue weighted by Crippen LogP contribution is 2.23. The third kappa shape index (κ3) is 2.20. The lowest BCUT2D eigenvalue weighted by Gasteiger charge is -2.11. The van der Waals surface area contributed by atoms with E-state index in [1.54, 1.807) is 0 Å². The number of carbonyl (C=O) groups is 2. The summed E-state index contributed by atoms with van der Waals surface area (Å²) in [4.78, 5) is 21.8. The molecule has 0 saturated carbocycles. The van der Waals surface area contributed by atoms with Gasteiger partial charge in [0.2, 0.25) is 0 Å². The monoisotopic (exact) mass is 226 g/mol. The molecule has 1 aromatic rings. The molecular formula is C9H10N2O5. The molecule has 0 aliphatic heterocycles. The van der Waals surface area contributed by atoms with E-state index in [2.05, 4.69) is 0 Å². The van der Waals surface area contributed by atoms with E-state index in [9.17, 15) is 14.7 Å². The minimum Gasteiger partial charge on any atom is -0.507 e. The summed E-state index contributed by atoms with van der Waals surface area (Å²) in [6, 6.07) is 3.81. The molecule has 0 unspecified atom stereocenters. The first kappa shape index (κ1) is 11.8. The van der Waals surface area contributed by atoms with Gasteiger partial charge in [-0.3, -0.25) is 4.79 Å². The summed E-state index contributed by atoms with van der Waals surface area (Å²) in [5, 5.41) is 17.9. The predicted molar refractivity (Wildman–Crippen MR) is 53.0 cm³/mol. The highest BCUT2D eigenvalue weighted by atomic mass is 16.5. The highest BCUT2D eigenvalue weighted by molar-refractivity contribution is 6.03. The van der Waals surface area contributed by atoms with Gasteiger partial charge in [-0.1, -0.05) is 0 Å². The van der Waals surface area contributed by atoms with E-state index in [1.807, 2.05) is 0 Å². The van der Waals surface area contributed by atoms with Crippen molar-refractivity contribution < 1.29 is 24.5 Å². The Morgan fingerprint density at radius 2 is 2.06 bits per heavy atom. The molecule has 7 nitrogen and oxygen atoms in total. The van der Waals surface area contributed by atoms with Gasteiger partial charge in [-0.25, -0.2) is 10.6 Å². The van der Waals surface area contributed by atoms with E-state index < -0.39 is 17.7 Å². The van der Waals surface area contributed by atoms with Crippen molar-refractivity contribution in [2.45, 2.75) is 0 Å². The number of phenolic OH excluding ortho intramolecular Hbond substituents is 1. The van der Waals surface area contributed by atoms with Gasteiger partial charge < -0.3 is 14.9 Å². The molecule has 0 aliphatic carbocycles. The van der Waals surface area contributed by atoms with Crippen LogP contribution in [0.5, 0.6) is 11.5 Å². The number of ether oxygens (including phenoxy) is 1. The predicted octanol–water partition coefficient (Wildman–Crippen LogP) is 0.395. The van der Waals surface area contributed by atoms with Crippen LogP contribution in [-0.4, -0.2) is 34.3 Å². The number of hydrogen-bond donors (Lipinski definition) is 3. The molecule has 0 bridgehead atoms. The van der Waals surface area contributed by atoms with Gasteiger partial charge in [-0.15, -0.1) is 0 Å². The number of amides is 2. The Morgan fingerprint density at radius 1 is 1.44 bits per heavy atom. The second-order valence-corrected chi connectivity index (χ2v) is 2.84. The van der Waals surface area contributed by atoms with Crippen molar-refractivity contribution in [1.29, 1.82) is 0 Å². The number of imide groups is 1. The summed E-state index contributed by atoms with van der Waals surface area (Å²) in [6.07, 6.45) is -1.61. The number of methoxy groups -OCH3 is 1. The van der Waals surface area contributed by atoms with Crippen molar-refractivity contribution in [3.8, 4) is 11.5 Å². The maximum absolute atomic E-state index is 11.4. The Bertz CT molecular complexity index is 432. The Labute approximate surface area is 90.6 Å². The minimum absolute atomic E-state index is 0.0124. The number of benzene rings is 1. The van der Waals surface area contributed by atoms with Crippen LogP contribution in [-0.2, 0) is 0 Å². The zero-order chi connectivity index (χ0) is 12.3. The molecule has 0 heterocycles. The first-order valence-electron chi connectivity index (χ1n) is 4.16. The average molecular weight is 226 g/mol. The van der Waals surface area contributed by atoms with E-state index in [0.717, 1.165) is 0 Å². The first-order valence-corrected chi connectivity index (χ1v) is 4.16. The van der Waals surface area contributed by atoms with Crippen molar-refractivity contribution in [2.24, 2.45) is 5.84 Å². The molecule has 0 aliphatic rings. The zero-order valence-electron chi connectivity index (χ0n) is 8.38. The second-order valence-electron chi connectivity index (χ2n) is 2.84. The van der Waals surface area contributed by atoms with Gasteiger partial charge in [0.05, 0.1) is 12.7 Å². The number of phenols is 1. The molecule has 1 aromatic carbocycles. The SMILES string of the molecule is COc1ccc(C(=O)N(N)C(=O)O)c(O)c1. The maximum Gasteiger partial charge on any atom is 0.429 e. The molecular weight excluding hydrogens is 216 g/mol. The second kappa shape index (κ2) is 4.49. The van der Waals surface area contributed by atoms with Crippen LogP contribution in [0.1, 0.15) is 10.4 Å². The van der Waals surface area contributed by atoms with Gasteiger partial charge in [-0.2, -0.15) is 5.01 Å². The van der Waals surface area contributed by atoms with Crippen LogP contribution in [0.3, 0.4) is 0 Å². The van der Waals surface area contributed by atoms with Crippen LogP contribution >= 0.6 is 0 Å². The van der Waals surface area contributed by atoms with Crippen LogP contribution in [0.25, 0.3) is 0 Å². The molecule has 1 rings (SSSR count). The molecule has 0 saturated heterocycles. The van der Waals surface area contributed by atoms with Crippen molar-refractivity contribution >= 4 is 12.0 Å². The molecule has 0 radical (unpaired) electrons. The number of rotatable bonds is 2. The van der Waals surface area contributed by atoms with Crippen LogP contribution in [0.15, 0.2) is 18.2 Å². The number of hydrazine groups is 1. The van der Waals surface area contributed by atoms with Crippen LogP contribution in [0, 0.1) is 0 Å². The molecule has 16 heavy (non-hydrogen) atoms. The molecule has 4 N–H and O–H groups in total. The fraction of sp³-hybridized carbons (Fsp3) is 0.111. The number of aromatic hydroxyl groups is 1. The minimum atomic E-state index is -1.61. The lowest BCUT2D eigenvalue weighted by molar-refractivity contribution is 0.0739. The summed E-state index contributed by atoms with van der Waals surface area (Å²) < 4.78 is 4.81. The normalized spacial score (nSPS) is 9.62. The summed E-state index contributed by atoms with van der Waals surface area (Å²) >= 11 is 0. The largest absolute Gasteiger partial charge is 0.507 e. The molecule has 0 atom stereocenters. The lowest BCUT2D eigenvalue weighted by atomic mass is 10.2. The fourth-order valence-electron chi connectivity index (χ4n) is 1.04. The first-order chi connectivity index (χ1) is 7.47. The van der Waals surface area contributed by atoms with Gasteiger partial charge in [0.25, 0.3) is 5.91 Å². The van der Waals surface area contributed by atoms with Gasteiger partial charge in [0.1, 0.15) is 11.5 Å². The molecule has 2 amide bonds. The zero-order valence-corrected chi connectivity index (χ0v) is 8.38. The van der Waals surface area contributed by atoms with E-state index in [1.165, 1.54) is 25.3 Å². The summed E-state index contributed by atoms with van der Waals surface area (Å²) in [5.74, 6) is 3.89. The van der Waals surface area contributed by atoms with E-state index in [4.69, 9.17) is 15.7 Å². The van der Waals surface area contributed by atoms with Crippen molar-refractivity contribution in [2.75, 3.05) is 7.11 Å². The third-order valence-corrected chi connectivity index (χ3v) is 1.86. The van der Waals surface area contributed by atoms with Gasteiger partial charge >= 0.3 is 6.09 Å². The Hall–Kier alpha value is -2.28. The van der Waals surface area contributed by atoms with Gasteiger partial charge in [0.15, 0.2) is 0 Å². The fourth-order valence-corrected chi connectivity index (χ4v) is 1.04. The van der Waals surface area contributed by atoms with E-state index in [0.29, 0.717) is 5.75 Å². The summed E-state index contributed by atoms with van der Waals surface area (Å²) in [5.41, 5.74) is -0.217. The molecule has 7 heteroatoms. The Balaban J connectivity index is 3.05. The highest BCUT2D eigenvalue weighted by Gasteiger charge is 2.21. The van der Waals surface area contributed by atoms with Crippen molar-refractivity contribution in [3.05, 3.63) is 23.8 Å². The Kier molecular flexibility index (Phi) is 3.31. The van der Waals surface area contributed by atoms with Gasteiger partial charge in [-0.05, 0) is 12.1 Å². The quantitative estimate of drug-likeness (QED) is 0.382. The van der Waals surface area contributed by atoms with Crippen LogP contribution in [0.4, 0.5) is 4.79 Å². The standard InChI is InChI=1S/C9H10N2O5/c1-16-5-2-3-6(7(12)4-5)8(13)11(10)9(14)15/h2-4,12H,10H2,1H3,(H,14,15). The topological polar surface area (TPSA) is 113 Å². The van der Waals surface area contributed by atoms with Crippen molar-refractivity contribution in [3.63, 3.8) is 0 Å². The molecule has 86 valence electrons. The number of nitrogens with zero attached hydrogens (tertiary/aromatic N) is 1. The number of hydrogen-bond acceptors (Lipinski definition) is 5. The van der Waals surface area contributed by atoms with E-state index >= 15 is 0 Å². The lowest BCUT2D eigenvalue weighted by Crippen LogP contribution is -2.41. The number of carboxylic acid groups (broad SMARTS) is 1. The number of nitrogens with two attached hydrogens (primary N) is 1. The summed E-state index contributed by atoms with van der Waals surface area (Å²) in [7, 11) is 1.39. The average Bonchev–Trinajstić information content (AvgIpc) is 2.26. The Morgan fingerprint density at radius 3 is 2.50 bits per heavy atom.